The van der Waals surface area contributed by atoms with E-state index in [0.717, 1.165) is 12.8 Å². The van der Waals surface area contributed by atoms with Crippen LogP contribution in [-0.4, -0.2) is 31.2 Å². The Morgan fingerprint density at radius 1 is 1.47 bits per heavy atom. The first-order valence-corrected chi connectivity index (χ1v) is 6.58. The van der Waals surface area contributed by atoms with Crippen LogP contribution in [0.3, 0.4) is 0 Å². The predicted octanol–water partition coefficient (Wildman–Crippen LogP) is 1.07. The van der Waals surface area contributed by atoms with E-state index in [2.05, 4.69) is 5.32 Å². The fraction of sp³-hybridized carbons (Fsp3) is 0.500. The third kappa shape index (κ3) is 3.86. The van der Waals surface area contributed by atoms with Crippen LogP contribution in [0.15, 0.2) is 24.3 Å². The smallest absolute Gasteiger partial charge is 0.264 e. The summed E-state index contributed by atoms with van der Waals surface area (Å²) in [4.78, 5) is 11.9. The van der Waals surface area contributed by atoms with Gasteiger partial charge in [0.2, 0.25) is 6.10 Å². The molecule has 5 heteroatoms. The van der Waals surface area contributed by atoms with Crippen molar-refractivity contribution in [1.82, 2.24) is 5.32 Å². The van der Waals surface area contributed by atoms with Crippen LogP contribution < -0.4 is 20.5 Å². The molecule has 3 N–H and O–H groups in total. The van der Waals surface area contributed by atoms with Crippen LogP contribution in [0.1, 0.15) is 19.8 Å². The lowest BCUT2D eigenvalue weighted by molar-refractivity contribution is -0.130. The van der Waals surface area contributed by atoms with Crippen molar-refractivity contribution in [2.45, 2.75) is 31.9 Å². The van der Waals surface area contributed by atoms with Gasteiger partial charge in [-0.1, -0.05) is 12.1 Å². The molecule has 1 amide bonds. The first kappa shape index (κ1) is 13.7. The Hall–Kier alpha value is -1.75. The second-order valence-corrected chi connectivity index (χ2v) is 4.77. The number of carbonyl (C=O) groups is 1. The highest BCUT2D eigenvalue weighted by molar-refractivity contribution is 5.81. The Labute approximate surface area is 113 Å². The molecule has 0 fully saturated rings. The van der Waals surface area contributed by atoms with Crippen LogP contribution >= 0.6 is 0 Å². The highest BCUT2D eigenvalue weighted by Gasteiger charge is 2.26. The molecule has 0 saturated heterocycles. The van der Waals surface area contributed by atoms with Crippen molar-refractivity contribution in [3.8, 4) is 11.5 Å². The van der Waals surface area contributed by atoms with E-state index in [4.69, 9.17) is 15.2 Å². The molecule has 1 aliphatic heterocycles. The van der Waals surface area contributed by atoms with E-state index in [1.54, 1.807) is 6.07 Å². The van der Waals surface area contributed by atoms with E-state index in [9.17, 15) is 4.79 Å². The van der Waals surface area contributed by atoms with Gasteiger partial charge in [-0.2, -0.15) is 0 Å². The van der Waals surface area contributed by atoms with Crippen molar-refractivity contribution >= 4 is 5.91 Å². The molecule has 104 valence electrons. The van der Waals surface area contributed by atoms with Crippen LogP contribution in [-0.2, 0) is 4.79 Å². The summed E-state index contributed by atoms with van der Waals surface area (Å²) in [6.07, 6.45) is 1.18. The predicted molar refractivity (Wildman–Crippen MR) is 72.2 cm³/mol. The Morgan fingerprint density at radius 3 is 2.95 bits per heavy atom. The summed E-state index contributed by atoms with van der Waals surface area (Å²) in [5, 5.41) is 2.84. The van der Waals surface area contributed by atoms with Gasteiger partial charge in [0.05, 0.1) is 0 Å². The molecule has 0 saturated carbocycles. The molecule has 1 aromatic rings. The Kier molecular flexibility index (Phi) is 4.63. The highest BCUT2D eigenvalue weighted by Crippen LogP contribution is 2.30. The van der Waals surface area contributed by atoms with E-state index >= 15 is 0 Å². The van der Waals surface area contributed by atoms with Gasteiger partial charge in [-0.15, -0.1) is 0 Å². The second-order valence-electron chi connectivity index (χ2n) is 4.77. The molecule has 1 aliphatic rings. The fourth-order valence-corrected chi connectivity index (χ4v) is 1.90. The van der Waals surface area contributed by atoms with Crippen molar-refractivity contribution in [1.29, 1.82) is 0 Å². The Bertz CT molecular complexity index is 434. The molecule has 1 aromatic carbocycles. The summed E-state index contributed by atoms with van der Waals surface area (Å²) in [6.45, 7) is 2.81. The molecule has 2 rings (SSSR count). The molecule has 19 heavy (non-hydrogen) atoms. The largest absolute Gasteiger partial charge is 0.485 e. The lowest BCUT2D eigenvalue weighted by atomic mass is 10.2. The number of ether oxygens (including phenoxy) is 2. The Balaban J connectivity index is 1.79. The van der Waals surface area contributed by atoms with Gasteiger partial charge in [0.25, 0.3) is 5.91 Å². The molecule has 2 atom stereocenters. The topological polar surface area (TPSA) is 73.6 Å². The molecule has 0 aliphatic carbocycles. The first-order valence-electron chi connectivity index (χ1n) is 6.58. The number of amides is 1. The van der Waals surface area contributed by atoms with Crippen molar-refractivity contribution < 1.29 is 14.3 Å². The van der Waals surface area contributed by atoms with Gasteiger partial charge >= 0.3 is 0 Å². The quantitative estimate of drug-likeness (QED) is 0.780. The third-order valence-corrected chi connectivity index (χ3v) is 2.94. The zero-order chi connectivity index (χ0) is 13.7. The van der Waals surface area contributed by atoms with E-state index in [0.29, 0.717) is 18.0 Å². The molecule has 0 radical (unpaired) electrons. The lowest BCUT2D eigenvalue weighted by Crippen LogP contribution is -2.44. The van der Waals surface area contributed by atoms with Gasteiger partial charge in [-0.3, -0.25) is 4.79 Å². The number of rotatable bonds is 5. The van der Waals surface area contributed by atoms with Crippen LogP contribution in [0.5, 0.6) is 11.5 Å². The van der Waals surface area contributed by atoms with E-state index < -0.39 is 6.10 Å². The average Bonchev–Trinajstić information content (AvgIpc) is 2.42. The van der Waals surface area contributed by atoms with Crippen molar-refractivity contribution in [2.75, 3.05) is 13.2 Å². The molecule has 0 spiro atoms. The zero-order valence-electron chi connectivity index (χ0n) is 11.1. The summed E-state index contributed by atoms with van der Waals surface area (Å²) in [5.41, 5.74) is 5.65. The number of nitrogens with one attached hydrogen (secondary N) is 1. The van der Waals surface area contributed by atoms with E-state index in [1.807, 2.05) is 25.1 Å². The monoisotopic (exact) mass is 264 g/mol. The number of nitrogens with two attached hydrogens (primary N) is 1. The zero-order valence-corrected chi connectivity index (χ0v) is 11.1. The summed E-state index contributed by atoms with van der Waals surface area (Å²) < 4.78 is 11.1. The fourth-order valence-electron chi connectivity index (χ4n) is 1.90. The summed E-state index contributed by atoms with van der Waals surface area (Å²) in [5.74, 6) is 1.16. The summed E-state index contributed by atoms with van der Waals surface area (Å²) in [6, 6.07) is 7.51. The molecular weight excluding hydrogens is 244 g/mol. The number of carbonyl (C=O) groups excluding carboxylic acids is 1. The summed E-state index contributed by atoms with van der Waals surface area (Å²) >= 11 is 0. The maximum atomic E-state index is 11.9. The second kappa shape index (κ2) is 6.43. The van der Waals surface area contributed by atoms with Crippen molar-refractivity contribution in [3.63, 3.8) is 0 Å². The van der Waals surface area contributed by atoms with Crippen LogP contribution in [0.25, 0.3) is 0 Å². The molecule has 1 heterocycles. The maximum absolute atomic E-state index is 11.9. The molecular formula is C14H20N2O3. The third-order valence-electron chi connectivity index (χ3n) is 2.94. The first-order chi connectivity index (χ1) is 9.16. The number of para-hydroxylation sites is 2. The number of hydrogen-bond acceptors (Lipinski definition) is 4. The highest BCUT2D eigenvalue weighted by atomic mass is 16.6. The SMILES string of the molecule is CC(N)CCCNC(=O)C1COc2ccccc2O1. The molecule has 5 nitrogen and oxygen atoms in total. The van der Waals surface area contributed by atoms with Gasteiger partial charge in [-0.05, 0) is 31.9 Å². The van der Waals surface area contributed by atoms with Crippen molar-refractivity contribution in [2.24, 2.45) is 5.73 Å². The minimum absolute atomic E-state index is 0.140. The summed E-state index contributed by atoms with van der Waals surface area (Å²) in [7, 11) is 0. The van der Waals surface area contributed by atoms with Gasteiger partial charge in [0.1, 0.15) is 6.61 Å². The minimum Gasteiger partial charge on any atom is -0.485 e. The van der Waals surface area contributed by atoms with Crippen LogP contribution in [0, 0.1) is 0 Å². The molecule has 2 unspecified atom stereocenters. The van der Waals surface area contributed by atoms with Gasteiger partial charge in [0, 0.05) is 12.6 Å². The number of benzene rings is 1. The van der Waals surface area contributed by atoms with Gasteiger partial charge < -0.3 is 20.5 Å². The van der Waals surface area contributed by atoms with Gasteiger partial charge in [-0.25, -0.2) is 0 Å². The van der Waals surface area contributed by atoms with Crippen molar-refractivity contribution in [3.05, 3.63) is 24.3 Å². The lowest BCUT2D eigenvalue weighted by Gasteiger charge is -2.25. The van der Waals surface area contributed by atoms with Crippen LogP contribution in [0.2, 0.25) is 0 Å². The number of fused-ring (bicyclic) bond motifs is 1. The van der Waals surface area contributed by atoms with Crippen LogP contribution in [0.4, 0.5) is 0 Å². The standard InChI is InChI=1S/C14H20N2O3/c1-10(15)5-4-8-16-14(17)13-9-18-11-6-2-3-7-12(11)19-13/h2-3,6-7,10,13H,4-5,8-9,15H2,1H3,(H,16,17). The number of hydrogen-bond donors (Lipinski definition) is 2. The maximum Gasteiger partial charge on any atom is 0.264 e. The molecule has 0 bridgehead atoms. The van der Waals surface area contributed by atoms with E-state index in [-0.39, 0.29) is 18.6 Å². The normalized spacial score (nSPS) is 18.7. The van der Waals surface area contributed by atoms with E-state index in [1.165, 1.54) is 0 Å². The minimum atomic E-state index is -0.579. The average molecular weight is 264 g/mol. The molecule has 0 aromatic heterocycles. The van der Waals surface area contributed by atoms with Gasteiger partial charge in [0.15, 0.2) is 11.5 Å². The Morgan fingerprint density at radius 2 is 2.21 bits per heavy atom.